The van der Waals surface area contributed by atoms with E-state index in [1.165, 1.54) is 0 Å². The van der Waals surface area contributed by atoms with Crippen molar-refractivity contribution in [1.29, 1.82) is 0 Å². The molecule has 1 unspecified atom stereocenters. The van der Waals surface area contributed by atoms with Gasteiger partial charge in [0.15, 0.2) is 0 Å². The van der Waals surface area contributed by atoms with Gasteiger partial charge < -0.3 is 25.3 Å². The van der Waals surface area contributed by atoms with Gasteiger partial charge in [-0.2, -0.15) is 0 Å². The highest BCUT2D eigenvalue weighted by atomic mass is 16.4. The van der Waals surface area contributed by atoms with Crippen LogP contribution in [0, 0.1) is 5.92 Å². The Kier molecular flexibility index (Phi) is 9.92. The fourth-order valence-corrected chi connectivity index (χ4v) is 7.28. The summed E-state index contributed by atoms with van der Waals surface area (Å²) in [6.07, 6.45) is -2.73. The first-order valence-electron chi connectivity index (χ1n) is 17.4. The maximum Gasteiger partial charge on any atom is 0.415 e. The zero-order chi connectivity index (χ0) is 38.7. The van der Waals surface area contributed by atoms with Crippen LogP contribution in [0.4, 0.5) is 21.0 Å². The van der Waals surface area contributed by atoms with Crippen LogP contribution in [0.1, 0.15) is 30.4 Å². The van der Waals surface area contributed by atoms with Crippen molar-refractivity contribution in [2.24, 2.45) is 5.92 Å². The quantitative estimate of drug-likeness (QED) is 0.136. The lowest BCUT2D eigenvalue weighted by Crippen LogP contribution is -2.61. The molecule has 3 heterocycles. The smallest absolute Gasteiger partial charge is 0.415 e. The van der Waals surface area contributed by atoms with Gasteiger partial charge in [0, 0.05) is 47.7 Å². The molecule has 2 saturated heterocycles. The minimum Gasteiger partial charge on any atom is -0.465 e. The first-order chi connectivity index (χ1) is 26.5. The van der Waals surface area contributed by atoms with Gasteiger partial charge in [-0.25, -0.2) is 19.4 Å². The Balaban J connectivity index is 1.08. The molecular formula is C40H34N6O9. The molecule has 2 fully saturated rings. The number of carboxylic acid groups (broad SMARTS) is 2. The van der Waals surface area contributed by atoms with E-state index < -0.39 is 53.3 Å². The molecule has 0 aliphatic carbocycles. The molecule has 55 heavy (non-hydrogen) atoms. The van der Waals surface area contributed by atoms with Gasteiger partial charge in [0.05, 0.1) is 0 Å². The molecule has 1 aromatic heterocycles. The molecule has 15 nitrogen and oxygen atoms in total. The largest absolute Gasteiger partial charge is 0.465 e. The van der Waals surface area contributed by atoms with Gasteiger partial charge in [0.1, 0.15) is 11.6 Å². The average molecular weight is 743 g/mol. The van der Waals surface area contributed by atoms with E-state index in [0.717, 1.165) is 5.56 Å². The number of nitrogens with zero attached hydrogens (tertiary/aromatic N) is 4. The molecule has 0 spiro atoms. The molecule has 7 rings (SSSR count). The highest BCUT2D eigenvalue weighted by molar-refractivity contribution is 6.08. The Morgan fingerprint density at radius 3 is 1.80 bits per heavy atom. The lowest BCUT2D eigenvalue weighted by molar-refractivity contribution is -0.137. The van der Waals surface area contributed by atoms with Crippen molar-refractivity contribution < 1.29 is 43.4 Å². The molecule has 2 aliphatic heterocycles. The topological polar surface area (TPSA) is 212 Å². The number of anilines is 2. The molecule has 15 heteroatoms. The van der Waals surface area contributed by atoms with E-state index in [2.05, 4.69) is 20.8 Å². The van der Waals surface area contributed by atoms with Crippen LogP contribution in [-0.2, 0) is 32.0 Å². The molecule has 4 N–H and O–H groups in total. The number of hydrogen-bond acceptors (Lipinski definition) is 9. The number of rotatable bonds is 10. The second-order valence-electron chi connectivity index (χ2n) is 13.3. The van der Waals surface area contributed by atoms with Crippen molar-refractivity contribution in [3.63, 3.8) is 0 Å². The minimum absolute atomic E-state index is 0.0176. The summed E-state index contributed by atoms with van der Waals surface area (Å²) in [5, 5.41) is 33.4. The monoisotopic (exact) mass is 742 g/mol. The summed E-state index contributed by atoms with van der Waals surface area (Å²) in [6.45, 7) is 0. The third-order valence-electron chi connectivity index (χ3n) is 9.91. The predicted octanol–water partition coefficient (Wildman–Crippen LogP) is 5.70. The van der Waals surface area contributed by atoms with Crippen molar-refractivity contribution in [3.05, 3.63) is 120 Å². The third kappa shape index (κ3) is 7.27. The maximum atomic E-state index is 14.4. The number of benzene rings is 4. The zero-order valence-electron chi connectivity index (χ0n) is 29.1. The van der Waals surface area contributed by atoms with Crippen LogP contribution in [0.2, 0.25) is 0 Å². The summed E-state index contributed by atoms with van der Waals surface area (Å²) in [5.74, 6) is -2.81. The summed E-state index contributed by atoms with van der Waals surface area (Å²) < 4.78 is 5.90. The number of carbonyl (C=O) groups excluding carboxylic acids is 4. The highest BCUT2D eigenvalue weighted by Crippen LogP contribution is 2.42. The normalized spacial score (nSPS) is 19.3. The van der Waals surface area contributed by atoms with Gasteiger partial charge >= 0.3 is 12.2 Å². The predicted molar refractivity (Wildman–Crippen MR) is 196 cm³/mol. The molecule has 3 atom stereocenters. The van der Waals surface area contributed by atoms with Crippen LogP contribution in [0.15, 0.2) is 114 Å². The fraction of sp³-hybridized carbons (Fsp3) is 0.200. The first kappa shape index (κ1) is 36.2. The Morgan fingerprint density at radius 2 is 1.25 bits per heavy atom. The van der Waals surface area contributed by atoms with Crippen LogP contribution in [0.25, 0.3) is 22.9 Å². The van der Waals surface area contributed by atoms with E-state index in [4.69, 9.17) is 4.42 Å². The van der Waals surface area contributed by atoms with E-state index >= 15 is 0 Å². The van der Waals surface area contributed by atoms with Gasteiger partial charge in [0.2, 0.25) is 29.5 Å². The Morgan fingerprint density at radius 1 is 0.709 bits per heavy atom. The van der Waals surface area contributed by atoms with Gasteiger partial charge in [-0.3, -0.25) is 19.2 Å². The SMILES string of the molecule is O=C(Nc1ccc(-c2nnc(-c3ccc(NC(=O)[C@]4(Cc5ccccc5)C(Cc5ccccc5)CC(=O)N4C(=O)O)cc3)o2)cc1)[C@@H]1CCC(=O)N1C(=O)O. The number of aromatic nitrogens is 2. The summed E-state index contributed by atoms with van der Waals surface area (Å²) in [4.78, 5) is 77.7. The molecule has 278 valence electrons. The summed E-state index contributed by atoms with van der Waals surface area (Å²) in [5.41, 5.74) is 1.62. The second-order valence-corrected chi connectivity index (χ2v) is 13.3. The summed E-state index contributed by atoms with van der Waals surface area (Å²) >= 11 is 0. The van der Waals surface area contributed by atoms with E-state index in [9.17, 15) is 39.0 Å². The third-order valence-corrected chi connectivity index (χ3v) is 9.91. The maximum absolute atomic E-state index is 14.4. The van der Waals surface area contributed by atoms with Crippen LogP contribution < -0.4 is 10.6 Å². The molecule has 0 radical (unpaired) electrons. The standard InChI is InChI=1S/C40H34N6O9/c47-32-20-19-31(45(32)38(51)52)34(49)41-29-15-11-26(12-16-29)35-43-44-36(55-35)27-13-17-30(18-14-27)42-37(50)40(23-25-9-5-2-6-10-25)28(21-24-7-3-1-4-8-24)22-33(48)46(40)39(53)54/h1-18,28,31H,19-23H2,(H,41,49)(H,42,50)(H,51,52)(H,53,54)/t28?,31-,40-/m0/s1. The molecule has 0 saturated carbocycles. The van der Waals surface area contributed by atoms with Crippen molar-refractivity contribution in [2.75, 3.05) is 10.6 Å². The van der Waals surface area contributed by atoms with Crippen molar-refractivity contribution in [2.45, 2.75) is 43.7 Å². The number of nitrogens with one attached hydrogen (secondary N) is 2. The number of hydrogen-bond donors (Lipinski definition) is 4. The second kappa shape index (κ2) is 15.1. The van der Waals surface area contributed by atoms with Gasteiger partial charge in [-0.05, 0) is 72.5 Å². The molecular weight excluding hydrogens is 708 g/mol. The van der Waals surface area contributed by atoms with Gasteiger partial charge in [0.25, 0.3) is 5.91 Å². The van der Waals surface area contributed by atoms with E-state index in [0.29, 0.717) is 44.3 Å². The number of likely N-dealkylation sites (tertiary alicyclic amines) is 2. The van der Waals surface area contributed by atoms with E-state index in [-0.39, 0.29) is 37.5 Å². The molecule has 4 aromatic carbocycles. The zero-order valence-corrected chi connectivity index (χ0v) is 29.1. The molecule has 5 aromatic rings. The number of carbonyl (C=O) groups is 6. The van der Waals surface area contributed by atoms with Crippen LogP contribution >= 0.6 is 0 Å². The lowest BCUT2D eigenvalue weighted by atomic mass is 9.75. The number of amides is 6. The van der Waals surface area contributed by atoms with Crippen LogP contribution in [-0.4, -0.2) is 77.6 Å². The van der Waals surface area contributed by atoms with E-state index in [1.807, 2.05) is 36.4 Å². The Bertz CT molecular complexity index is 2260. The average Bonchev–Trinajstić information content (AvgIpc) is 3.89. The van der Waals surface area contributed by atoms with Crippen molar-refractivity contribution >= 4 is 47.2 Å². The highest BCUT2D eigenvalue weighted by Gasteiger charge is 2.60. The molecule has 6 amide bonds. The fourth-order valence-electron chi connectivity index (χ4n) is 7.28. The number of imide groups is 2. The van der Waals surface area contributed by atoms with Gasteiger partial charge in [-0.15, -0.1) is 10.2 Å². The summed E-state index contributed by atoms with van der Waals surface area (Å²) in [7, 11) is 0. The Hall–Kier alpha value is -7.16. The van der Waals surface area contributed by atoms with Crippen LogP contribution in [0.3, 0.4) is 0 Å². The minimum atomic E-state index is -1.74. The molecule has 0 bridgehead atoms. The lowest BCUT2D eigenvalue weighted by Gasteiger charge is -2.38. The van der Waals surface area contributed by atoms with Crippen LogP contribution in [0.5, 0.6) is 0 Å². The van der Waals surface area contributed by atoms with E-state index in [1.54, 1.807) is 72.8 Å². The Labute approximate surface area is 313 Å². The first-order valence-corrected chi connectivity index (χ1v) is 17.4. The van der Waals surface area contributed by atoms with Crippen molar-refractivity contribution in [3.8, 4) is 22.9 Å². The van der Waals surface area contributed by atoms with Crippen molar-refractivity contribution in [1.82, 2.24) is 20.0 Å². The summed E-state index contributed by atoms with van der Waals surface area (Å²) in [6, 6.07) is 30.2. The van der Waals surface area contributed by atoms with Gasteiger partial charge in [-0.1, -0.05) is 60.7 Å². The molecule has 2 aliphatic rings.